The zero-order valence-corrected chi connectivity index (χ0v) is 17.7. The van der Waals surface area contributed by atoms with Crippen molar-refractivity contribution in [2.75, 3.05) is 13.7 Å². The third-order valence-electron chi connectivity index (χ3n) is 4.16. The first-order chi connectivity index (χ1) is 14.4. The maximum absolute atomic E-state index is 12.2. The largest absolute Gasteiger partial charge is 0.493 e. The molecule has 2 aromatic carbocycles. The van der Waals surface area contributed by atoms with E-state index in [1.54, 1.807) is 18.2 Å². The molecule has 0 atom stereocenters. The highest BCUT2D eigenvalue weighted by molar-refractivity contribution is 7.89. The van der Waals surface area contributed by atoms with Gasteiger partial charge in [0.1, 0.15) is 0 Å². The Morgan fingerprint density at radius 2 is 1.90 bits per heavy atom. The summed E-state index contributed by atoms with van der Waals surface area (Å²) < 4.78 is 35.2. The molecule has 0 saturated heterocycles. The lowest BCUT2D eigenvalue weighted by molar-refractivity contribution is -0.386. The van der Waals surface area contributed by atoms with E-state index < -0.39 is 14.9 Å². The van der Waals surface area contributed by atoms with E-state index in [-0.39, 0.29) is 27.6 Å². The number of methoxy groups -OCH3 is 1. The van der Waals surface area contributed by atoms with Gasteiger partial charge in [0.05, 0.1) is 29.8 Å². The summed E-state index contributed by atoms with van der Waals surface area (Å²) >= 11 is 0. The van der Waals surface area contributed by atoms with Gasteiger partial charge in [-0.25, -0.2) is 4.83 Å². The van der Waals surface area contributed by atoms with Crippen LogP contribution in [0.15, 0.2) is 52.5 Å². The van der Waals surface area contributed by atoms with E-state index in [0.29, 0.717) is 6.61 Å². The number of hydrogen-bond donors (Lipinski definition) is 1. The van der Waals surface area contributed by atoms with Crippen molar-refractivity contribution in [1.82, 2.24) is 4.83 Å². The quantitative estimate of drug-likeness (QED) is 0.234. The Morgan fingerprint density at radius 3 is 2.53 bits per heavy atom. The van der Waals surface area contributed by atoms with Gasteiger partial charge in [-0.1, -0.05) is 44.4 Å². The number of benzene rings is 2. The minimum Gasteiger partial charge on any atom is -0.493 e. The second-order valence-electron chi connectivity index (χ2n) is 6.40. The standard InChI is InChI=1S/C20H25N3O6S/c1-3-4-5-9-12-29-20-18(23(24)25)13-16(14-19(20)28-2)15-21-22-30(26,27)17-10-7-6-8-11-17/h6-8,10-11,13-15,22H,3-5,9,12H2,1-2H3/b21-15+. The lowest BCUT2D eigenvalue weighted by atomic mass is 10.1. The number of rotatable bonds is 12. The monoisotopic (exact) mass is 435 g/mol. The number of nitrogens with zero attached hydrogens (tertiary/aromatic N) is 2. The molecular weight excluding hydrogens is 410 g/mol. The van der Waals surface area contributed by atoms with Gasteiger partial charge < -0.3 is 9.47 Å². The van der Waals surface area contributed by atoms with Gasteiger partial charge in [0.2, 0.25) is 5.75 Å². The number of hydrazone groups is 1. The molecule has 30 heavy (non-hydrogen) atoms. The first-order valence-electron chi connectivity index (χ1n) is 9.48. The Labute approximate surface area is 175 Å². The van der Waals surface area contributed by atoms with Gasteiger partial charge >= 0.3 is 5.69 Å². The molecule has 0 aliphatic heterocycles. The second kappa shape index (κ2) is 11.1. The molecule has 0 heterocycles. The lowest BCUT2D eigenvalue weighted by Gasteiger charge is -2.12. The first kappa shape index (κ1) is 23.1. The molecular formula is C20H25N3O6S. The van der Waals surface area contributed by atoms with Crippen molar-refractivity contribution in [2.24, 2.45) is 5.10 Å². The molecule has 0 unspecified atom stereocenters. The predicted octanol–water partition coefficient (Wildman–Crippen LogP) is 3.87. The molecule has 0 bridgehead atoms. The van der Waals surface area contributed by atoms with Gasteiger partial charge in [-0.2, -0.15) is 13.5 Å². The van der Waals surface area contributed by atoms with Crippen molar-refractivity contribution in [3.63, 3.8) is 0 Å². The van der Waals surface area contributed by atoms with E-state index in [9.17, 15) is 18.5 Å². The average Bonchev–Trinajstić information content (AvgIpc) is 2.74. The predicted molar refractivity (Wildman–Crippen MR) is 114 cm³/mol. The first-order valence-corrected chi connectivity index (χ1v) is 11.0. The molecule has 0 saturated carbocycles. The lowest BCUT2D eigenvalue weighted by Crippen LogP contribution is -2.18. The van der Waals surface area contributed by atoms with Crippen LogP contribution in [0.4, 0.5) is 5.69 Å². The van der Waals surface area contributed by atoms with Gasteiger partial charge in [-0.3, -0.25) is 10.1 Å². The summed E-state index contributed by atoms with van der Waals surface area (Å²) in [5.74, 6) is 0.216. The van der Waals surface area contributed by atoms with Crippen LogP contribution in [0.1, 0.15) is 38.2 Å². The number of nitro benzene ring substituents is 1. The Kier molecular flexibility index (Phi) is 8.60. The van der Waals surface area contributed by atoms with Crippen molar-refractivity contribution in [2.45, 2.75) is 37.5 Å². The van der Waals surface area contributed by atoms with Crippen LogP contribution in [0.2, 0.25) is 0 Å². The summed E-state index contributed by atoms with van der Waals surface area (Å²) in [5.41, 5.74) is 0.00449. The summed E-state index contributed by atoms with van der Waals surface area (Å²) in [5, 5.41) is 15.2. The molecule has 0 aliphatic carbocycles. The van der Waals surface area contributed by atoms with Crippen LogP contribution in [-0.2, 0) is 10.0 Å². The van der Waals surface area contributed by atoms with E-state index in [4.69, 9.17) is 9.47 Å². The molecule has 10 heteroatoms. The fourth-order valence-electron chi connectivity index (χ4n) is 2.64. The van der Waals surface area contributed by atoms with Crippen molar-refractivity contribution in [1.29, 1.82) is 0 Å². The minimum atomic E-state index is -3.84. The fraction of sp³-hybridized carbons (Fsp3) is 0.350. The average molecular weight is 436 g/mol. The van der Waals surface area contributed by atoms with E-state index in [0.717, 1.165) is 25.7 Å². The highest BCUT2D eigenvalue weighted by Crippen LogP contribution is 2.38. The molecule has 9 nitrogen and oxygen atoms in total. The normalized spacial score (nSPS) is 11.4. The van der Waals surface area contributed by atoms with Gasteiger partial charge in [0.15, 0.2) is 5.75 Å². The highest BCUT2D eigenvalue weighted by atomic mass is 32.2. The molecule has 162 valence electrons. The van der Waals surface area contributed by atoms with Gasteiger partial charge in [-0.15, -0.1) is 0 Å². The number of sulfonamides is 1. The zero-order valence-electron chi connectivity index (χ0n) is 16.9. The van der Waals surface area contributed by atoms with E-state index in [1.807, 2.05) is 0 Å². The van der Waals surface area contributed by atoms with Crippen LogP contribution in [0.5, 0.6) is 11.5 Å². The summed E-state index contributed by atoms with van der Waals surface area (Å²) in [4.78, 5) is 13.1. The molecule has 1 N–H and O–H groups in total. The van der Waals surface area contributed by atoms with Crippen molar-refractivity contribution in [3.05, 3.63) is 58.1 Å². The molecule has 0 fully saturated rings. The second-order valence-corrected chi connectivity index (χ2v) is 8.06. The molecule has 0 aromatic heterocycles. The van der Waals surface area contributed by atoms with Crippen molar-refractivity contribution >= 4 is 21.9 Å². The molecule has 0 radical (unpaired) electrons. The Bertz CT molecular complexity index is 978. The number of hydrogen-bond acceptors (Lipinski definition) is 7. The third-order valence-corrected chi connectivity index (χ3v) is 5.40. The summed E-state index contributed by atoms with van der Waals surface area (Å²) in [7, 11) is -2.46. The van der Waals surface area contributed by atoms with Gasteiger partial charge in [0, 0.05) is 11.6 Å². The van der Waals surface area contributed by atoms with Crippen molar-refractivity contribution in [3.8, 4) is 11.5 Å². The van der Waals surface area contributed by atoms with Gasteiger partial charge in [0.25, 0.3) is 10.0 Å². The number of ether oxygens (including phenoxy) is 2. The van der Waals surface area contributed by atoms with E-state index >= 15 is 0 Å². The maximum atomic E-state index is 12.2. The van der Waals surface area contributed by atoms with E-state index in [2.05, 4.69) is 16.9 Å². The van der Waals surface area contributed by atoms with Gasteiger partial charge in [-0.05, 0) is 24.6 Å². The van der Waals surface area contributed by atoms with Crippen LogP contribution in [0.3, 0.4) is 0 Å². The van der Waals surface area contributed by atoms with Crippen LogP contribution in [0.25, 0.3) is 0 Å². The Morgan fingerprint density at radius 1 is 1.17 bits per heavy atom. The maximum Gasteiger partial charge on any atom is 0.315 e. The fourth-order valence-corrected chi connectivity index (χ4v) is 3.45. The molecule has 0 amide bonds. The molecule has 0 spiro atoms. The Hall–Kier alpha value is -3.14. The summed E-state index contributed by atoms with van der Waals surface area (Å²) in [6.07, 6.45) is 5.06. The van der Waals surface area contributed by atoms with E-state index in [1.165, 1.54) is 37.6 Å². The summed E-state index contributed by atoms with van der Waals surface area (Å²) in [6, 6.07) is 10.5. The van der Waals surface area contributed by atoms with Crippen molar-refractivity contribution < 1.29 is 22.8 Å². The van der Waals surface area contributed by atoms with Crippen LogP contribution in [0, 0.1) is 10.1 Å². The smallest absolute Gasteiger partial charge is 0.315 e. The minimum absolute atomic E-state index is 0.0426. The molecule has 0 aliphatic rings. The zero-order chi connectivity index (χ0) is 22.0. The topological polar surface area (TPSA) is 120 Å². The molecule has 2 aromatic rings. The van der Waals surface area contributed by atoms with Crippen LogP contribution >= 0.6 is 0 Å². The highest BCUT2D eigenvalue weighted by Gasteiger charge is 2.22. The van der Waals surface area contributed by atoms with Crippen LogP contribution in [-0.4, -0.2) is 33.3 Å². The number of unbranched alkanes of at least 4 members (excludes halogenated alkanes) is 3. The number of nitrogens with one attached hydrogen (secondary N) is 1. The summed E-state index contributed by atoms with van der Waals surface area (Å²) in [6.45, 7) is 2.43. The molecule has 2 rings (SSSR count). The van der Waals surface area contributed by atoms with Crippen LogP contribution < -0.4 is 14.3 Å². The Balaban J connectivity index is 2.19. The third kappa shape index (κ3) is 6.45. The number of nitro groups is 1. The SMILES string of the molecule is CCCCCCOc1c(OC)cc(/C=N/NS(=O)(=O)c2ccccc2)cc1[N+](=O)[O-].